The summed E-state index contributed by atoms with van der Waals surface area (Å²) in [4.78, 5) is 20.8. The van der Waals surface area contributed by atoms with Gasteiger partial charge in [-0.25, -0.2) is 0 Å². The van der Waals surface area contributed by atoms with Gasteiger partial charge < -0.3 is 10.1 Å². The van der Waals surface area contributed by atoms with Crippen molar-refractivity contribution in [2.45, 2.75) is 26.3 Å². The Morgan fingerprint density at radius 3 is 2.61 bits per heavy atom. The van der Waals surface area contributed by atoms with E-state index in [1.807, 2.05) is 38.1 Å². The van der Waals surface area contributed by atoms with Gasteiger partial charge in [-0.1, -0.05) is 0 Å². The molecule has 1 N–H and O–H groups in total. The molecule has 5 heteroatoms. The third-order valence-electron chi connectivity index (χ3n) is 4.11. The molecule has 2 aromatic heterocycles. The normalized spacial score (nSPS) is 20.4. The van der Waals surface area contributed by atoms with Crippen LogP contribution in [0.3, 0.4) is 0 Å². The molecular weight excluding hydrogens is 290 g/mol. The van der Waals surface area contributed by atoms with E-state index in [2.05, 4.69) is 15.3 Å². The highest BCUT2D eigenvalue weighted by molar-refractivity contribution is 5.94. The molecule has 0 aliphatic carbocycles. The zero-order valence-corrected chi connectivity index (χ0v) is 13.5. The van der Waals surface area contributed by atoms with E-state index < -0.39 is 0 Å². The van der Waals surface area contributed by atoms with Crippen molar-refractivity contribution in [3.63, 3.8) is 0 Å². The Kier molecular flexibility index (Phi) is 4.67. The van der Waals surface area contributed by atoms with Crippen LogP contribution >= 0.6 is 0 Å². The van der Waals surface area contributed by atoms with Gasteiger partial charge >= 0.3 is 0 Å². The summed E-state index contributed by atoms with van der Waals surface area (Å²) < 4.78 is 5.58. The Morgan fingerprint density at radius 1 is 1.22 bits per heavy atom. The molecular formula is C18H21N3O2. The van der Waals surface area contributed by atoms with Crippen molar-refractivity contribution in [2.75, 3.05) is 13.2 Å². The molecule has 3 heterocycles. The molecule has 120 valence electrons. The summed E-state index contributed by atoms with van der Waals surface area (Å²) in [5.74, 6) is 0.221. The number of hydrogen-bond acceptors (Lipinski definition) is 4. The maximum absolute atomic E-state index is 12.5. The SMILES string of the molecule is Cc1cc(C(=O)N[C@@H]2COC[C@H]2Cc2ccncc2)cc(C)n1. The van der Waals surface area contributed by atoms with Crippen LogP contribution < -0.4 is 5.32 Å². The summed E-state index contributed by atoms with van der Waals surface area (Å²) in [5.41, 5.74) is 3.58. The van der Waals surface area contributed by atoms with Crippen LogP contribution in [-0.2, 0) is 11.2 Å². The number of aryl methyl sites for hydroxylation is 2. The summed E-state index contributed by atoms with van der Waals surface area (Å²) >= 11 is 0. The number of amides is 1. The van der Waals surface area contributed by atoms with E-state index in [1.165, 1.54) is 5.56 Å². The molecule has 0 radical (unpaired) electrons. The van der Waals surface area contributed by atoms with Crippen molar-refractivity contribution < 1.29 is 9.53 Å². The van der Waals surface area contributed by atoms with Gasteiger partial charge in [-0.05, 0) is 50.1 Å². The number of nitrogens with one attached hydrogen (secondary N) is 1. The Balaban J connectivity index is 1.67. The predicted molar refractivity (Wildman–Crippen MR) is 87.2 cm³/mol. The minimum absolute atomic E-state index is 0.0319. The quantitative estimate of drug-likeness (QED) is 0.939. The number of aromatic nitrogens is 2. The third kappa shape index (κ3) is 3.93. The molecule has 2 atom stereocenters. The largest absolute Gasteiger partial charge is 0.379 e. The average molecular weight is 311 g/mol. The lowest BCUT2D eigenvalue weighted by Gasteiger charge is -2.19. The molecule has 1 amide bonds. The highest BCUT2D eigenvalue weighted by Gasteiger charge is 2.30. The molecule has 1 fully saturated rings. The fourth-order valence-electron chi connectivity index (χ4n) is 3.00. The molecule has 0 spiro atoms. The zero-order valence-electron chi connectivity index (χ0n) is 13.5. The van der Waals surface area contributed by atoms with E-state index in [0.717, 1.165) is 17.8 Å². The van der Waals surface area contributed by atoms with Crippen LogP contribution in [0.5, 0.6) is 0 Å². The number of rotatable bonds is 4. The second kappa shape index (κ2) is 6.87. The first-order chi connectivity index (χ1) is 11.1. The molecule has 0 aromatic carbocycles. The highest BCUT2D eigenvalue weighted by Crippen LogP contribution is 2.19. The molecule has 23 heavy (non-hydrogen) atoms. The van der Waals surface area contributed by atoms with Gasteiger partial charge in [0.2, 0.25) is 0 Å². The topological polar surface area (TPSA) is 64.1 Å². The second-order valence-electron chi connectivity index (χ2n) is 6.08. The minimum atomic E-state index is -0.0613. The second-order valence-corrected chi connectivity index (χ2v) is 6.08. The Hall–Kier alpha value is -2.27. The average Bonchev–Trinajstić information content (AvgIpc) is 2.94. The molecule has 0 bridgehead atoms. The smallest absolute Gasteiger partial charge is 0.251 e. The van der Waals surface area contributed by atoms with Crippen molar-refractivity contribution in [1.29, 1.82) is 0 Å². The van der Waals surface area contributed by atoms with Gasteiger partial charge in [0.25, 0.3) is 5.91 Å². The summed E-state index contributed by atoms with van der Waals surface area (Å²) in [6.45, 7) is 5.02. The van der Waals surface area contributed by atoms with Crippen LogP contribution in [0.2, 0.25) is 0 Å². The number of pyridine rings is 2. The standard InChI is InChI=1S/C18H21N3O2/c1-12-7-15(8-13(2)20-12)18(22)21-17-11-23-10-16(17)9-14-3-5-19-6-4-14/h3-8,16-17H,9-11H2,1-2H3,(H,21,22)/t16-,17-/m1/s1. The van der Waals surface area contributed by atoms with Crippen molar-refractivity contribution in [2.24, 2.45) is 5.92 Å². The lowest BCUT2D eigenvalue weighted by molar-refractivity contribution is 0.0924. The first-order valence-corrected chi connectivity index (χ1v) is 7.84. The van der Waals surface area contributed by atoms with Gasteiger partial charge in [-0.15, -0.1) is 0 Å². The van der Waals surface area contributed by atoms with Gasteiger partial charge in [0, 0.05) is 35.3 Å². The molecule has 5 nitrogen and oxygen atoms in total. The number of nitrogens with zero attached hydrogens (tertiary/aromatic N) is 2. The van der Waals surface area contributed by atoms with Crippen molar-refractivity contribution >= 4 is 5.91 Å². The van der Waals surface area contributed by atoms with Gasteiger partial charge in [0.15, 0.2) is 0 Å². The highest BCUT2D eigenvalue weighted by atomic mass is 16.5. The predicted octanol–water partition coefficient (Wildman–Crippen LogP) is 2.08. The van der Waals surface area contributed by atoms with Crippen LogP contribution in [0.25, 0.3) is 0 Å². The molecule has 3 rings (SSSR count). The summed E-state index contributed by atoms with van der Waals surface area (Å²) in [5, 5.41) is 3.11. The van der Waals surface area contributed by atoms with E-state index in [9.17, 15) is 4.79 Å². The maximum atomic E-state index is 12.5. The zero-order chi connectivity index (χ0) is 16.2. The van der Waals surface area contributed by atoms with Crippen LogP contribution in [0.1, 0.15) is 27.3 Å². The van der Waals surface area contributed by atoms with Crippen molar-refractivity contribution in [3.8, 4) is 0 Å². The van der Waals surface area contributed by atoms with Gasteiger partial charge in [-0.3, -0.25) is 14.8 Å². The van der Waals surface area contributed by atoms with Crippen LogP contribution in [0.15, 0.2) is 36.7 Å². The fraction of sp³-hybridized carbons (Fsp3) is 0.389. The van der Waals surface area contributed by atoms with Crippen LogP contribution in [0, 0.1) is 19.8 Å². The number of hydrogen-bond donors (Lipinski definition) is 1. The summed E-state index contributed by atoms with van der Waals surface area (Å²) in [6.07, 6.45) is 4.46. The third-order valence-corrected chi connectivity index (χ3v) is 4.11. The van der Waals surface area contributed by atoms with Crippen molar-refractivity contribution in [3.05, 3.63) is 59.2 Å². The van der Waals surface area contributed by atoms with Crippen LogP contribution in [-0.4, -0.2) is 35.1 Å². The van der Waals surface area contributed by atoms with Crippen LogP contribution in [0.4, 0.5) is 0 Å². The summed E-state index contributed by atoms with van der Waals surface area (Å²) in [6, 6.07) is 7.68. The molecule has 1 saturated heterocycles. The monoisotopic (exact) mass is 311 g/mol. The first-order valence-electron chi connectivity index (χ1n) is 7.84. The molecule has 0 saturated carbocycles. The summed E-state index contributed by atoms with van der Waals surface area (Å²) in [7, 11) is 0. The molecule has 0 unspecified atom stereocenters. The molecule has 2 aromatic rings. The lowest BCUT2D eigenvalue weighted by Crippen LogP contribution is -2.40. The van der Waals surface area contributed by atoms with E-state index in [4.69, 9.17) is 4.74 Å². The maximum Gasteiger partial charge on any atom is 0.251 e. The number of carbonyl (C=O) groups excluding carboxylic acids is 1. The van der Waals surface area contributed by atoms with E-state index in [0.29, 0.717) is 18.8 Å². The van der Waals surface area contributed by atoms with Gasteiger partial charge in [0.05, 0.1) is 19.3 Å². The fourth-order valence-corrected chi connectivity index (χ4v) is 3.00. The first kappa shape index (κ1) is 15.6. The van der Waals surface area contributed by atoms with Gasteiger partial charge in [-0.2, -0.15) is 0 Å². The lowest BCUT2D eigenvalue weighted by atomic mass is 9.95. The van der Waals surface area contributed by atoms with E-state index in [-0.39, 0.29) is 17.9 Å². The van der Waals surface area contributed by atoms with Gasteiger partial charge in [0.1, 0.15) is 0 Å². The van der Waals surface area contributed by atoms with E-state index in [1.54, 1.807) is 12.4 Å². The van der Waals surface area contributed by atoms with Crippen molar-refractivity contribution in [1.82, 2.24) is 15.3 Å². The van der Waals surface area contributed by atoms with E-state index >= 15 is 0 Å². The Morgan fingerprint density at radius 2 is 1.91 bits per heavy atom. The Bertz CT molecular complexity index is 668. The molecule has 1 aliphatic rings. The number of carbonyl (C=O) groups is 1. The number of ether oxygens (including phenoxy) is 1. The minimum Gasteiger partial charge on any atom is -0.379 e. The molecule has 1 aliphatic heterocycles. The Labute approximate surface area is 136 Å².